The summed E-state index contributed by atoms with van der Waals surface area (Å²) in [6, 6.07) is 0. The van der Waals surface area contributed by atoms with E-state index < -0.39 is 0 Å². The molecule has 0 fully saturated rings. The predicted molar refractivity (Wildman–Crippen MR) is 25.6 cm³/mol. The lowest BCUT2D eigenvalue weighted by Gasteiger charge is -1.68. The molecule has 0 aromatic rings. The van der Waals surface area contributed by atoms with E-state index in [4.69, 9.17) is 7.85 Å². The lowest BCUT2D eigenvalue weighted by atomic mass is 10.1. The molecule has 0 aromatic heterocycles. The third-order valence-electron chi connectivity index (χ3n) is 0.331. The normalized spacial score (nSPS) is 9.50. The van der Waals surface area contributed by atoms with Gasteiger partial charge in [0.05, 0.1) is 0 Å². The maximum Gasteiger partial charge on any atom is 0.151 e. The van der Waals surface area contributed by atoms with Gasteiger partial charge in [-0.15, -0.1) is 5.98 Å². The molecule has 2 radical (unpaired) electrons. The molecule has 0 saturated heterocycles. The molecule has 0 aliphatic rings. The van der Waals surface area contributed by atoms with E-state index in [1.54, 1.807) is 0 Å². The van der Waals surface area contributed by atoms with Gasteiger partial charge in [0.15, 0.2) is 5.78 Å². The number of rotatable bonds is 1. The Morgan fingerprint density at radius 1 is 1.83 bits per heavy atom. The van der Waals surface area contributed by atoms with E-state index in [-0.39, 0.29) is 5.78 Å². The van der Waals surface area contributed by atoms with Crippen LogP contribution in [0.1, 0.15) is 6.92 Å². The van der Waals surface area contributed by atoms with Gasteiger partial charge < -0.3 is 0 Å². The maximum absolute atomic E-state index is 9.88. The highest BCUT2D eigenvalue weighted by Crippen LogP contribution is 1.66. The van der Waals surface area contributed by atoms with Gasteiger partial charge >= 0.3 is 0 Å². The molecule has 0 rings (SSSR count). The molecule has 2 heteroatoms. The standard InChI is InChI=1S/C4H5BO/c1-4(6)2-3-5/h2-3H,1H3/b3-2+. The van der Waals surface area contributed by atoms with E-state index in [2.05, 4.69) is 0 Å². The molecule has 30 valence electrons. The first-order chi connectivity index (χ1) is 2.77. The number of hydrogen-bond donors (Lipinski definition) is 0. The SMILES string of the molecule is [B]/C=C/C(C)=O. The van der Waals surface area contributed by atoms with E-state index >= 15 is 0 Å². The number of carbonyl (C=O) groups excluding carboxylic acids is 1. The van der Waals surface area contributed by atoms with Crippen molar-refractivity contribution >= 4 is 13.6 Å². The summed E-state index contributed by atoms with van der Waals surface area (Å²) in [6.07, 6.45) is 1.31. The summed E-state index contributed by atoms with van der Waals surface area (Å²) in [5.74, 6) is 1.21. The highest BCUT2D eigenvalue weighted by atomic mass is 16.1. The van der Waals surface area contributed by atoms with Crippen molar-refractivity contribution in [2.45, 2.75) is 6.92 Å². The van der Waals surface area contributed by atoms with Gasteiger partial charge in [-0.1, -0.05) is 0 Å². The highest BCUT2D eigenvalue weighted by molar-refractivity contribution is 6.18. The fourth-order valence-electron chi connectivity index (χ4n) is 0.136. The van der Waals surface area contributed by atoms with Crippen molar-refractivity contribution in [3.05, 3.63) is 12.1 Å². The fraction of sp³-hybridized carbons (Fsp3) is 0.250. The van der Waals surface area contributed by atoms with Gasteiger partial charge in [0, 0.05) is 0 Å². The Kier molecular flexibility index (Phi) is 2.46. The number of hydrogen-bond acceptors (Lipinski definition) is 1. The zero-order chi connectivity index (χ0) is 4.99. The molecular formula is C4H5BO. The van der Waals surface area contributed by atoms with Crippen molar-refractivity contribution in [1.82, 2.24) is 0 Å². The quantitative estimate of drug-likeness (QED) is 0.326. The average Bonchev–Trinajstić information content (AvgIpc) is 1.35. The van der Waals surface area contributed by atoms with E-state index in [0.717, 1.165) is 0 Å². The first kappa shape index (κ1) is 5.47. The topological polar surface area (TPSA) is 17.1 Å². The third-order valence-corrected chi connectivity index (χ3v) is 0.331. The molecule has 0 spiro atoms. The van der Waals surface area contributed by atoms with Crippen LogP contribution in [0.2, 0.25) is 0 Å². The van der Waals surface area contributed by atoms with Gasteiger partial charge in [0.1, 0.15) is 7.85 Å². The van der Waals surface area contributed by atoms with Crippen molar-refractivity contribution in [3.63, 3.8) is 0 Å². The Hall–Kier alpha value is -0.525. The van der Waals surface area contributed by atoms with Crippen LogP contribution in [0.15, 0.2) is 12.1 Å². The number of carbonyl (C=O) groups is 1. The Labute approximate surface area is 38.5 Å². The van der Waals surface area contributed by atoms with Crippen LogP contribution in [0, 0.1) is 0 Å². The molecule has 0 aliphatic carbocycles. The van der Waals surface area contributed by atoms with Crippen LogP contribution in [0.5, 0.6) is 0 Å². The van der Waals surface area contributed by atoms with Crippen molar-refractivity contribution in [2.24, 2.45) is 0 Å². The first-order valence-corrected chi connectivity index (χ1v) is 1.66. The summed E-state index contributed by atoms with van der Waals surface area (Å²) in [6.45, 7) is 1.45. The predicted octanol–water partition coefficient (Wildman–Crippen LogP) is 0.258. The molecule has 0 aromatic carbocycles. The monoisotopic (exact) mass is 80.0 g/mol. The zero-order valence-corrected chi connectivity index (χ0v) is 3.64. The lowest BCUT2D eigenvalue weighted by molar-refractivity contribution is -0.112. The second kappa shape index (κ2) is 2.70. The molecular weight excluding hydrogens is 74.9 g/mol. The second-order valence-corrected chi connectivity index (χ2v) is 0.970. The Morgan fingerprint density at radius 2 is 2.33 bits per heavy atom. The van der Waals surface area contributed by atoms with Crippen LogP contribution < -0.4 is 0 Å². The molecule has 0 amide bonds. The van der Waals surface area contributed by atoms with E-state index in [9.17, 15) is 4.79 Å². The smallest absolute Gasteiger partial charge is 0.151 e. The molecule has 0 N–H and O–H groups in total. The van der Waals surface area contributed by atoms with Crippen molar-refractivity contribution in [1.29, 1.82) is 0 Å². The summed E-state index contributed by atoms with van der Waals surface area (Å²) in [5.41, 5.74) is 0. The van der Waals surface area contributed by atoms with Crippen molar-refractivity contribution < 1.29 is 4.79 Å². The Morgan fingerprint density at radius 3 is 2.33 bits per heavy atom. The average molecular weight is 79.9 g/mol. The minimum Gasteiger partial charge on any atom is -0.295 e. The van der Waals surface area contributed by atoms with Crippen molar-refractivity contribution in [2.75, 3.05) is 0 Å². The Bertz CT molecular complexity index is 75.6. The summed E-state index contributed by atoms with van der Waals surface area (Å²) in [5, 5.41) is 0. The largest absolute Gasteiger partial charge is 0.295 e. The van der Waals surface area contributed by atoms with Crippen LogP contribution >= 0.6 is 0 Å². The number of allylic oxidation sites excluding steroid dienone is 1. The Balaban J connectivity index is 3.30. The lowest BCUT2D eigenvalue weighted by Crippen LogP contribution is -1.77. The van der Waals surface area contributed by atoms with Crippen LogP contribution in [-0.2, 0) is 4.79 Å². The van der Waals surface area contributed by atoms with Gasteiger partial charge in [-0.3, -0.25) is 4.79 Å². The van der Waals surface area contributed by atoms with E-state index in [1.807, 2.05) is 0 Å². The fourth-order valence-corrected chi connectivity index (χ4v) is 0.136. The van der Waals surface area contributed by atoms with Crippen LogP contribution in [0.4, 0.5) is 0 Å². The van der Waals surface area contributed by atoms with E-state index in [1.165, 1.54) is 19.0 Å². The summed E-state index contributed by atoms with van der Waals surface area (Å²) < 4.78 is 0. The van der Waals surface area contributed by atoms with Gasteiger partial charge in [-0.25, -0.2) is 0 Å². The zero-order valence-electron chi connectivity index (χ0n) is 3.64. The summed E-state index contributed by atoms with van der Waals surface area (Å²) >= 11 is 0. The molecule has 0 aliphatic heterocycles. The van der Waals surface area contributed by atoms with Gasteiger partial charge in [0.2, 0.25) is 0 Å². The minimum absolute atomic E-state index is 0.0162. The van der Waals surface area contributed by atoms with Crippen LogP contribution in [0.3, 0.4) is 0 Å². The molecule has 0 atom stereocenters. The molecule has 0 heterocycles. The van der Waals surface area contributed by atoms with Gasteiger partial charge in [0.25, 0.3) is 0 Å². The van der Waals surface area contributed by atoms with Crippen LogP contribution in [0.25, 0.3) is 0 Å². The van der Waals surface area contributed by atoms with Crippen molar-refractivity contribution in [3.8, 4) is 0 Å². The summed E-state index contributed by atoms with van der Waals surface area (Å²) in [7, 11) is 4.83. The highest BCUT2D eigenvalue weighted by Gasteiger charge is 1.72. The summed E-state index contributed by atoms with van der Waals surface area (Å²) in [4.78, 5) is 9.88. The van der Waals surface area contributed by atoms with E-state index in [0.29, 0.717) is 0 Å². The molecule has 0 bridgehead atoms. The first-order valence-electron chi connectivity index (χ1n) is 1.66. The van der Waals surface area contributed by atoms with Crippen LogP contribution in [-0.4, -0.2) is 13.6 Å². The molecule has 1 nitrogen and oxygen atoms in total. The minimum atomic E-state index is -0.0162. The molecule has 0 saturated carbocycles. The maximum atomic E-state index is 9.88. The second-order valence-electron chi connectivity index (χ2n) is 0.970. The number of ketones is 1. The molecule has 0 unspecified atom stereocenters. The van der Waals surface area contributed by atoms with Gasteiger partial charge in [-0.2, -0.15) is 0 Å². The van der Waals surface area contributed by atoms with Gasteiger partial charge in [-0.05, 0) is 13.0 Å². The molecule has 6 heavy (non-hydrogen) atoms. The third kappa shape index (κ3) is 3.47.